The van der Waals surface area contributed by atoms with Gasteiger partial charge in [-0.1, -0.05) is 45.4 Å². The van der Waals surface area contributed by atoms with Crippen LogP contribution in [0.1, 0.15) is 33.6 Å². The van der Waals surface area contributed by atoms with E-state index in [2.05, 4.69) is 39.5 Å². The summed E-state index contributed by atoms with van der Waals surface area (Å²) in [7, 11) is 0. The van der Waals surface area contributed by atoms with E-state index in [1.165, 1.54) is 12.8 Å². The van der Waals surface area contributed by atoms with Gasteiger partial charge in [-0.05, 0) is 18.3 Å². The minimum absolute atomic E-state index is 0.523. The maximum Gasteiger partial charge on any atom is -0.00845 e. The Morgan fingerprint density at radius 1 is 1.27 bits per heavy atom. The van der Waals surface area contributed by atoms with Gasteiger partial charge < -0.3 is 0 Å². The van der Waals surface area contributed by atoms with Gasteiger partial charge in [-0.25, -0.2) is 0 Å². The maximum atomic E-state index is 3.73. The van der Waals surface area contributed by atoms with E-state index >= 15 is 0 Å². The molecule has 0 nitrogen and oxygen atoms in total. The first kappa shape index (κ1) is 10.5. The third-order valence-corrected chi connectivity index (χ3v) is 1.86. The van der Waals surface area contributed by atoms with Gasteiger partial charge in [-0.15, -0.1) is 6.58 Å². The molecule has 0 aromatic heterocycles. The van der Waals surface area contributed by atoms with Gasteiger partial charge in [0.2, 0.25) is 0 Å². The average Bonchev–Trinajstić information content (AvgIpc) is 2.01. The molecule has 0 aromatic rings. The zero-order chi connectivity index (χ0) is 8.69. The fraction of sp³-hybridized carbons (Fsp3) is 0.636. The zero-order valence-electron chi connectivity index (χ0n) is 8.01. The van der Waals surface area contributed by atoms with E-state index in [1.54, 1.807) is 0 Å². The molecule has 0 heterocycles. The zero-order valence-corrected chi connectivity index (χ0v) is 8.01. The van der Waals surface area contributed by atoms with Crippen LogP contribution in [0.2, 0.25) is 0 Å². The minimum atomic E-state index is 0.523. The molecule has 0 spiro atoms. The molecular formula is C11H20. The molecular weight excluding hydrogens is 132 g/mol. The van der Waals surface area contributed by atoms with Gasteiger partial charge in [0.05, 0.1) is 0 Å². The van der Waals surface area contributed by atoms with Gasteiger partial charge >= 0.3 is 0 Å². The van der Waals surface area contributed by atoms with Gasteiger partial charge in [0.15, 0.2) is 0 Å². The van der Waals surface area contributed by atoms with Gasteiger partial charge in [-0.3, -0.25) is 0 Å². The Bertz CT molecular complexity index is 122. The molecule has 2 unspecified atom stereocenters. The van der Waals surface area contributed by atoms with Crippen LogP contribution in [0.25, 0.3) is 0 Å². The van der Waals surface area contributed by atoms with Crippen LogP contribution in [-0.4, -0.2) is 0 Å². The number of allylic oxidation sites excluding steroid dienone is 3. The molecule has 0 saturated carbocycles. The highest BCUT2D eigenvalue weighted by Crippen LogP contribution is 2.08. The Morgan fingerprint density at radius 2 is 1.91 bits per heavy atom. The first-order valence-corrected chi connectivity index (χ1v) is 4.51. The standard InChI is InChI=1S/C11H20/c1-5-7-11(4)9-8-10(3)6-2/h6,8-11H,2,5,7H2,1,3-4H3. The van der Waals surface area contributed by atoms with Gasteiger partial charge in [0.1, 0.15) is 0 Å². The lowest BCUT2D eigenvalue weighted by Gasteiger charge is -2.03. The van der Waals surface area contributed by atoms with Gasteiger partial charge in [-0.2, -0.15) is 0 Å². The predicted molar refractivity (Wildman–Crippen MR) is 52.6 cm³/mol. The first-order chi connectivity index (χ1) is 5.20. The molecule has 0 radical (unpaired) electrons. The van der Waals surface area contributed by atoms with Crippen molar-refractivity contribution in [2.75, 3.05) is 0 Å². The van der Waals surface area contributed by atoms with Crippen LogP contribution >= 0.6 is 0 Å². The van der Waals surface area contributed by atoms with E-state index in [9.17, 15) is 0 Å². The second-order valence-corrected chi connectivity index (χ2v) is 3.25. The first-order valence-electron chi connectivity index (χ1n) is 4.51. The van der Waals surface area contributed by atoms with Crippen molar-refractivity contribution in [3.63, 3.8) is 0 Å². The van der Waals surface area contributed by atoms with E-state index in [0.717, 1.165) is 5.92 Å². The summed E-state index contributed by atoms with van der Waals surface area (Å²) < 4.78 is 0. The molecule has 0 bridgehead atoms. The average molecular weight is 152 g/mol. The minimum Gasteiger partial charge on any atom is -0.102 e. The Kier molecular flexibility index (Phi) is 5.91. The molecule has 0 fully saturated rings. The van der Waals surface area contributed by atoms with Crippen molar-refractivity contribution in [3.05, 3.63) is 24.8 Å². The molecule has 0 aliphatic heterocycles. The largest absolute Gasteiger partial charge is 0.102 e. The molecule has 0 aromatic carbocycles. The molecule has 0 saturated heterocycles. The molecule has 2 atom stereocenters. The molecule has 0 amide bonds. The fourth-order valence-electron chi connectivity index (χ4n) is 0.995. The SMILES string of the molecule is C=CC(C)C=CC(C)CCC. The van der Waals surface area contributed by atoms with Crippen LogP contribution < -0.4 is 0 Å². The lowest BCUT2D eigenvalue weighted by atomic mass is 10.0. The molecule has 11 heavy (non-hydrogen) atoms. The van der Waals surface area contributed by atoms with Gasteiger partial charge in [0.25, 0.3) is 0 Å². The highest BCUT2D eigenvalue weighted by molar-refractivity contribution is 4.96. The van der Waals surface area contributed by atoms with Crippen LogP contribution in [0.15, 0.2) is 24.8 Å². The van der Waals surface area contributed by atoms with Crippen LogP contribution in [0, 0.1) is 11.8 Å². The quantitative estimate of drug-likeness (QED) is 0.526. The van der Waals surface area contributed by atoms with Crippen LogP contribution in [-0.2, 0) is 0 Å². The summed E-state index contributed by atoms with van der Waals surface area (Å²) in [5.41, 5.74) is 0. The highest BCUT2D eigenvalue weighted by atomic mass is 14.0. The van der Waals surface area contributed by atoms with E-state index in [-0.39, 0.29) is 0 Å². The summed E-state index contributed by atoms with van der Waals surface area (Å²) in [6.07, 6.45) is 9.05. The summed E-state index contributed by atoms with van der Waals surface area (Å²) in [6, 6.07) is 0. The van der Waals surface area contributed by atoms with Crippen molar-refractivity contribution < 1.29 is 0 Å². The van der Waals surface area contributed by atoms with E-state index in [1.807, 2.05) is 6.08 Å². The van der Waals surface area contributed by atoms with Crippen molar-refractivity contribution in [1.82, 2.24) is 0 Å². The number of rotatable bonds is 5. The second kappa shape index (κ2) is 6.21. The van der Waals surface area contributed by atoms with Crippen LogP contribution in [0.3, 0.4) is 0 Å². The van der Waals surface area contributed by atoms with Crippen LogP contribution in [0.4, 0.5) is 0 Å². The Morgan fingerprint density at radius 3 is 2.36 bits per heavy atom. The Balaban J connectivity index is 3.62. The molecule has 0 rings (SSSR count). The lowest BCUT2D eigenvalue weighted by Crippen LogP contribution is -1.89. The van der Waals surface area contributed by atoms with Gasteiger partial charge in [0, 0.05) is 0 Å². The summed E-state index contributed by atoms with van der Waals surface area (Å²) in [5.74, 6) is 1.25. The van der Waals surface area contributed by atoms with Crippen molar-refractivity contribution in [2.45, 2.75) is 33.6 Å². The molecule has 64 valence electrons. The highest BCUT2D eigenvalue weighted by Gasteiger charge is 1.94. The summed E-state index contributed by atoms with van der Waals surface area (Å²) in [6.45, 7) is 10.4. The smallest absolute Gasteiger partial charge is 0.00845 e. The Labute approximate surface area is 71.0 Å². The molecule has 0 aliphatic carbocycles. The molecule has 0 heteroatoms. The Hall–Kier alpha value is -0.520. The molecule has 0 N–H and O–H groups in total. The second-order valence-electron chi connectivity index (χ2n) is 3.25. The fourth-order valence-corrected chi connectivity index (χ4v) is 0.995. The number of hydrogen-bond donors (Lipinski definition) is 0. The summed E-state index contributed by atoms with van der Waals surface area (Å²) in [5, 5.41) is 0. The lowest BCUT2D eigenvalue weighted by molar-refractivity contribution is 0.630. The monoisotopic (exact) mass is 152 g/mol. The van der Waals surface area contributed by atoms with E-state index in [0.29, 0.717) is 5.92 Å². The van der Waals surface area contributed by atoms with Crippen LogP contribution in [0.5, 0.6) is 0 Å². The van der Waals surface area contributed by atoms with E-state index in [4.69, 9.17) is 0 Å². The maximum absolute atomic E-state index is 3.73. The normalized spacial score (nSPS) is 16.6. The summed E-state index contributed by atoms with van der Waals surface area (Å²) in [4.78, 5) is 0. The predicted octanol–water partition coefficient (Wildman–Crippen LogP) is 3.80. The van der Waals surface area contributed by atoms with Crippen molar-refractivity contribution in [3.8, 4) is 0 Å². The summed E-state index contributed by atoms with van der Waals surface area (Å²) >= 11 is 0. The van der Waals surface area contributed by atoms with Crippen molar-refractivity contribution in [1.29, 1.82) is 0 Å². The van der Waals surface area contributed by atoms with Crippen molar-refractivity contribution in [2.24, 2.45) is 11.8 Å². The molecule has 0 aliphatic rings. The van der Waals surface area contributed by atoms with E-state index < -0.39 is 0 Å². The third-order valence-electron chi connectivity index (χ3n) is 1.86. The van der Waals surface area contributed by atoms with Crippen molar-refractivity contribution >= 4 is 0 Å². The number of hydrogen-bond acceptors (Lipinski definition) is 0. The topological polar surface area (TPSA) is 0 Å². The third kappa shape index (κ3) is 5.90.